The third kappa shape index (κ3) is 2.62. The minimum atomic E-state index is -0.285. The first-order chi connectivity index (χ1) is 6.79. The highest BCUT2D eigenvalue weighted by Crippen LogP contribution is 2.17. The Bertz CT molecular complexity index is 358. The van der Waals surface area contributed by atoms with E-state index in [1.807, 2.05) is 30.3 Å². The lowest BCUT2D eigenvalue weighted by molar-refractivity contribution is -0.116. The van der Waals surface area contributed by atoms with E-state index in [9.17, 15) is 4.79 Å². The largest absolute Gasteiger partial charge is 0.361 e. The van der Waals surface area contributed by atoms with Crippen molar-refractivity contribution in [2.24, 2.45) is 0 Å². The van der Waals surface area contributed by atoms with E-state index in [1.165, 1.54) is 0 Å². The van der Waals surface area contributed by atoms with E-state index >= 15 is 0 Å². The van der Waals surface area contributed by atoms with E-state index in [0.717, 1.165) is 11.8 Å². The van der Waals surface area contributed by atoms with Gasteiger partial charge in [-0.15, -0.1) is 0 Å². The van der Waals surface area contributed by atoms with Crippen molar-refractivity contribution >= 4 is 27.9 Å². The van der Waals surface area contributed by atoms with E-state index in [0.29, 0.717) is 5.33 Å². The lowest BCUT2D eigenvalue weighted by Gasteiger charge is -2.07. The topological polar surface area (TPSA) is 53.5 Å². The molecule has 0 aliphatic rings. The Labute approximate surface area is 90.5 Å². The van der Waals surface area contributed by atoms with Crippen LogP contribution in [0.5, 0.6) is 0 Å². The summed E-state index contributed by atoms with van der Waals surface area (Å²) in [6.07, 6.45) is 0.929. The molecule has 0 heterocycles. The fourth-order valence-corrected chi connectivity index (χ4v) is 1.85. The second-order valence-electron chi connectivity index (χ2n) is 2.76. The molecule has 0 spiro atoms. The second kappa shape index (κ2) is 5.47. The van der Waals surface area contributed by atoms with Crippen LogP contribution in [0, 0.1) is 0 Å². The van der Waals surface area contributed by atoms with Gasteiger partial charge in [0.15, 0.2) is 0 Å². The molecule has 0 aromatic heterocycles. The Morgan fingerprint density at radius 3 is 2.64 bits per heavy atom. The molecule has 1 aromatic carbocycles. The number of benzene rings is 1. The lowest BCUT2D eigenvalue weighted by atomic mass is 9.97. The van der Waals surface area contributed by atoms with Gasteiger partial charge in [0.2, 0.25) is 5.78 Å². The summed E-state index contributed by atoms with van der Waals surface area (Å²) in [6, 6.07) is 9.37. The summed E-state index contributed by atoms with van der Waals surface area (Å²) in [5.74, 6) is -0.498. The van der Waals surface area contributed by atoms with Crippen LogP contribution in [0.3, 0.4) is 0 Å². The summed E-state index contributed by atoms with van der Waals surface area (Å²) in [5, 5.41) is 0.516. The molecule has 3 nitrogen and oxygen atoms in total. The van der Waals surface area contributed by atoms with Crippen molar-refractivity contribution in [3.63, 3.8) is 0 Å². The Balaban J connectivity index is 2.93. The summed E-state index contributed by atoms with van der Waals surface area (Å²) in [5.41, 5.74) is 9.17. The zero-order valence-corrected chi connectivity index (χ0v) is 9.02. The van der Waals surface area contributed by atoms with Crippen LogP contribution in [0.4, 0.5) is 0 Å². The van der Waals surface area contributed by atoms with Gasteiger partial charge in [0, 0.05) is 5.33 Å². The molecule has 0 saturated carbocycles. The highest BCUT2D eigenvalue weighted by molar-refractivity contribution is 9.09. The molecule has 0 aliphatic heterocycles. The molecule has 1 atom stereocenters. The molecule has 0 bridgehead atoms. The maximum absolute atomic E-state index is 11.4. The molecule has 72 valence electrons. The fourth-order valence-electron chi connectivity index (χ4n) is 1.16. The van der Waals surface area contributed by atoms with Crippen molar-refractivity contribution in [1.29, 1.82) is 0 Å². The highest BCUT2D eigenvalue weighted by Gasteiger charge is 2.20. The van der Waals surface area contributed by atoms with Crippen molar-refractivity contribution in [3.8, 4) is 0 Å². The standard InChI is InChI=1S/C10H9BrN2O/c11-6-9(10(14)7-13-12)8-4-2-1-3-5-8/h1-5,7,9H,6H2. The number of carbonyl (C=O) groups is 1. The van der Waals surface area contributed by atoms with E-state index in [1.54, 1.807) is 0 Å². The van der Waals surface area contributed by atoms with E-state index in [2.05, 4.69) is 20.7 Å². The first-order valence-electron chi connectivity index (χ1n) is 4.11. The van der Waals surface area contributed by atoms with E-state index in [4.69, 9.17) is 5.53 Å². The van der Waals surface area contributed by atoms with Gasteiger partial charge in [0.1, 0.15) is 0 Å². The van der Waals surface area contributed by atoms with Crippen molar-refractivity contribution in [1.82, 2.24) is 0 Å². The number of hydrogen-bond donors (Lipinski definition) is 0. The van der Waals surface area contributed by atoms with Crippen molar-refractivity contribution < 1.29 is 9.58 Å². The predicted molar refractivity (Wildman–Crippen MR) is 57.7 cm³/mol. The van der Waals surface area contributed by atoms with Crippen LogP contribution in [0.15, 0.2) is 30.3 Å². The average Bonchev–Trinajstić information content (AvgIpc) is 2.21. The Morgan fingerprint density at radius 2 is 2.14 bits per heavy atom. The summed E-state index contributed by atoms with van der Waals surface area (Å²) < 4.78 is 0. The van der Waals surface area contributed by atoms with Crippen LogP contribution in [0.2, 0.25) is 0 Å². The van der Waals surface area contributed by atoms with Crippen molar-refractivity contribution in [2.45, 2.75) is 5.92 Å². The Morgan fingerprint density at radius 1 is 1.50 bits per heavy atom. The first kappa shape index (κ1) is 10.8. The third-order valence-corrected chi connectivity index (χ3v) is 2.53. The quantitative estimate of drug-likeness (QED) is 0.350. The van der Waals surface area contributed by atoms with Gasteiger partial charge in [-0.1, -0.05) is 46.3 Å². The summed E-state index contributed by atoms with van der Waals surface area (Å²) >= 11 is 3.26. The molecule has 0 radical (unpaired) electrons. The number of halogens is 1. The number of Topliss-reactive ketones (excluding diaryl/α,β-unsaturated/α-hetero) is 1. The number of nitrogens with zero attached hydrogens (tertiary/aromatic N) is 2. The van der Waals surface area contributed by atoms with Crippen molar-refractivity contribution in [2.75, 3.05) is 5.33 Å². The van der Waals surface area contributed by atoms with Gasteiger partial charge in [-0.25, -0.2) is 0 Å². The molecule has 4 heteroatoms. The van der Waals surface area contributed by atoms with Crippen LogP contribution in [0.1, 0.15) is 11.5 Å². The Hall–Kier alpha value is -1.25. The number of carbonyl (C=O) groups excluding carboxylic acids is 1. The Kier molecular flexibility index (Phi) is 4.23. The van der Waals surface area contributed by atoms with Gasteiger partial charge in [-0.05, 0) is 5.56 Å². The number of alkyl halides is 1. The molecule has 0 saturated heterocycles. The smallest absolute Gasteiger partial charge is 0.323 e. The third-order valence-electron chi connectivity index (χ3n) is 1.88. The molecule has 0 N–H and O–H groups in total. The van der Waals surface area contributed by atoms with Gasteiger partial charge < -0.3 is 5.53 Å². The van der Waals surface area contributed by atoms with Crippen LogP contribution >= 0.6 is 15.9 Å². The highest BCUT2D eigenvalue weighted by atomic mass is 79.9. The number of ketones is 1. The van der Waals surface area contributed by atoms with Crippen LogP contribution < -0.4 is 0 Å². The second-order valence-corrected chi connectivity index (χ2v) is 3.41. The van der Waals surface area contributed by atoms with E-state index in [-0.39, 0.29) is 11.7 Å². The molecule has 14 heavy (non-hydrogen) atoms. The molecular weight excluding hydrogens is 244 g/mol. The van der Waals surface area contributed by atoms with Crippen molar-refractivity contribution in [3.05, 3.63) is 41.4 Å². The van der Waals surface area contributed by atoms with Crippen LogP contribution in [0.25, 0.3) is 5.53 Å². The zero-order valence-electron chi connectivity index (χ0n) is 7.43. The monoisotopic (exact) mass is 252 g/mol. The maximum Gasteiger partial charge on any atom is 0.323 e. The van der Waals surface area contributed by atoms with Gasteiger partial charge in [0.05, 0.1) is 5.92 Å². The SMILES string of the molecule is [N-]=[N+]=CC(=O)C(CBr)c1ccccc1. The molecule has 0 fully saturated rings. The lowest BCUT2D eigenvalue weighted by Crippen LogP contribution is -2.15. The zero-order chi connectivity index (χ0) is 10.4. The minimum Gasteiger partial charge on any atom is -0.361 e. The first-order valence-corrected chi connectivity index (χ1v) is 5.24. The predicted octanol–water partition coefficient (Wildman–Crippen LogP) is 2.03. The van der Waals surface area contributed by atoms with Crippen LogP contribution in [-0.2, 0) is 4.79 Å². The summed E-state index contributed by atoms with van der Waals surface area (Å²) in [4.78, 5) is 14.2. The van der Waals surface area contributed by atoms with Crippen LogP contribution in [-0.4, -0.2) is 22.1 Å². The normalized spacial score (nSPS) is 11.5. The summed E-state index contributed by atoms with van der Waals surface area (Å²) in [6.45, 7) is 0. The van der Waals surface area contributed by atoms with Gasteiger partial charge >= 0.3 is 6.21 Å². The maximum atomic E-state index is 11.4. The summed E-state index contributed by atoms with van der Waals surface area (Å²) in [7, 11) is 0. The molecule has 1 rings (SSSR count). The fraction of sp³-hybridized carbons (Fsp3) is 0.200. The molecular formula is C10H9BrN2O. The number of hydrogen-bond acceptors (Lipinski definition) is 1. The molecule has 1 aromatic rings. The molecule has 0 aliphatic carbocycles. The average molecular weight is 253 g/mol. The minimum absolute atomic E-state index is 0.212. The van der Waals surface area contributed by atoms with Gasteiger partial charge in [-0.2, -0.15) is 4.79 Å². The van der Waals surface area contributed by atoms with Gasteiger partial charge in [0.25, 0.3) is 0 Å². The molecule has 1 unspecified atom stereocenters. The van der Waals surface area contributed by atoms with Gasteiger partial charge in [-0.3, -0.25) is 4.79 Å². The molecule has 0 amide bonds. The van der Waals surface area contributed by atoms with E-state index < -0.39 is 0 Å². The number of rotatable bonds is 4.